The van der Waals surface area contributed by atoms with Crippen LogP contribution in [0.4, 0.5) is 0 Å². The van der Waals surface area contributed by atoms with E-state index in [9.17, 15) is 0 Å². The summed E-state index contributed by atoms with van der Waals surface area (Å²) in [6.45, 7) is 31.4. The van der Waals surface area contributed by atoms with Crippen molar-refractivity contribution in [1.82, 2.24) is 0 Å². The Hall–Kier alpha value is -0.456. The first-order chi connectivity index (χ1) is 18.6. The van der Waals surface area contributed by atoms with Crippen molar-refractivity contribution in [2.45, 2.75) is 135 Å². The summed E-state index contributed by atoms with van der Waals surface area (Å²) in [6.07, 6.45) is 20.2. The Morgan fingerprint density at radius 2 is 0.900 bits per heavy atom. The molecule has 0 nitrogen and oxygen atoms in total. The van der Waals surface area contributed by atoms with Crippen LogP contribution in [0.15, 0.2) is 33.4 Å². The Morgan fingerprint density at radius 1 is 0.600 bits per heavy atom. The second-order valence-electron chi connectivity index (χ2n) is 13.7. The van der Waals surface area contributed by atoms with Gasteiger partial charge in [0, 0.05) is 0 Å². The molecule has 6 unspecified atom stereocenters. The molecule has 0 aromatic rings. The van der Waals surface area contributed by atoms with E-state index in [0.717, 1.165) is 35.5 Å². The Bertz CT molecular complexity index is 762. The zero-order valence-corrected chi connectivity index (χ0v) is 30.8. The van der Waals surface area contributed by atoms with Gasteiger partial charge in [-0.2, -0.15) is 47.0 Å². The van der Waals surface area contributed by atoms with Gasteiger partial charge in [0.15, 0.2) is 0 Å². The van der Waals surface area contributed by atoms with Crippen molar-refractivity contribution in [3.05, 3.63) is 58.4 Å². The zero-order valence-electron chi connectivity index (χ0n) is 29.2. The number of rotatable bonds is 2. The molecule has 2 saturated carbocycles. The number of hydrogen-bond acceptors (Lipinski definition) is 0. The van der Waals surface area contributed by atoms with Gasteiger partial charge in [0.1, 0.15) is 0 Å². The SMILES string of the molecule is CC1=[C-]C(C)C(C)=C1C.CC1=[C-]C(C)C(C)=C1C.CC1C[CH-]C(C(C)C)CC1.CC1C[CH-]C(C(C)C)CC1.[CH2]=[Ti]. The monoisotopic (exact) mass is 582 g/mol. The zero-order chi connectivity index (χ0) is 31.2. The third-order valence-corrected chi connectivity index (χ3v) is 9.85. The van der Waals surface area contributed by atoms with E-state index in [1.807, 2.05) is 0 Å². The summed E-state index contributed by atoms with van der Waals surface area (Å²) < 4.78 is 0. The van der Waals surface area contributed by atoms with E-state index < -0.39 is 0 Å². The molecule has 0 bridgehead atoms. The van der Waals surface area contributed by atoms with Crippen molar-refractivity contribution in [3.8, 4) is 0 Å². The second kappa shape index (κ2) is 20.4. The molecule has 2 fully saturated rings. The van der Waals surface area contributed by atoms with E-state index in [-0.39, 0.29) is 0 Å². The molecule has 0 N–H and O–H groups in total. The fourth-order valence-corrected chi connectivity index (χ4v) is 5.77. The molecule has 1 heteroatoms. The van der Waals surface area contributed by atoms with Crippen LogP contribution >= 0.6 is 0 Å². The van der Waals surface area contributed by atoms with Crippen LogP contribution in [0.1, 0.15) is 135 Å². The van der Waals surface area contributed by atoms with E-state index in [4.69, 9.17) is 0 Å². The van der Waals surface area contributed by atoms with Crippen molar-refractivity contribution >= 4 is 4.82 Å². The van der Waals surface area contributed by atoms with E-state index >= 15 is 0 Å². The van der Waals surface area contributed by atoms with Gasteiger partial charge in [0.25, 0.3) is 0 Å². The summed E-state index contributed by atoms with van der Waals surface area (Å²) in [7, 11) is 0. The van der Waals surface area contributed by atoms with E-state index in [2.05, 4.69) is 127 Å². The molecule has 0 aromatic heterocycles. The summed E-state index contributed by atoms with van der Waals surface area (Å²) in [6, 6.07) is 0. The van der Waals surface area contributed by atoms with Gasteiger partial charge in [-0.25, -0.2) is 11.1 Å². The minimum atomic E-state index is 0.560. The molecule has 0 spiro atoms. The van der Waals surface area contributed by atoms with E-state index in [1.54, 1.807) is 20.0 Å². The second-order valence-corrected chi connectivity index (χ2v) is 13.7. The van der Waals surface area contributed by atoms with Crippen LogP contribution in [0, 0.1) is 72.3 Å². The molecular weight excluding hydrogens is 516 g/mol. The normalized spacial score (nSPS) is 29.7. The van der Waals surface area contributed by atoms with Crippen molar-refractivity contribution in [2.24, 2.45) is 47.3 Å². The first-order valence-electron chi connectivity index (χ1n) is 16.2. The minimum absolute atomic E-state index is 0.560. The van der Waals surface area contributed by atoms with Crippen molar-refractivity contribution in [2.75, 3.05) is 0 Å². The van der Waals surface area contributed by atoms with Crippen LogP contribution < -0.4 is 0 Å². The van der Waals surface area contributed by atoms with Gasteiger partial charge < -0.3 is 12.8 Å². The Kier molecular flexibility index (Phi) is 20.2. The molecule has 0 saturated heterocycles. The summed E-state index contributed by atoms with van der Waals surface area (Å²) >= 11 is 1.75. The van der Waals surface area contributed by atoms with Crippen LogP contribution in [-0.4, -0.2) is 4.82 Å². The van der Waals surface area contributed by atoms with Crippen molar-refractivity contribution in [3.63, 3.8) is 0 Å². The molecule has 40 heavy (non-hydrogen) atoms. The predicted molar refractivity (Wildman–Crippen MR) is 178 cm³/mol. The maximum absolute atomic E-state index is 3.36. The van der Waals surface area contributed by atoms with Gasteiger partial charge in [-0.15, -0.1) is 13.8 Å². The quantitative estimate of drug-likeness (QED) is 0.224. The molecule has 230 valence electrons. The van der Waals surface area contributed by atoms with Crippen LogP contribution in [0.3, 0.4) is 0 Å². The standard InChI is InChI=1S/2C10H19.2C9H13.CH2.Ti/c2*1-8(2)10-6-4-9(3)5-7-10;2*1-6-5-7(2)9(4)8(6)3;;/h2*6,8-10H,4-5,7H2,1-3H3;2*6H,1-4H3;1H2;/q4*-1;;. The van der Waals surface area contributed by atoms with Gasteiger partial charge in [-0.05, 0) is 0 Å². The molecule has 4 aliphatic carbocycles. The third-order valence-electron chi connectivity index (χ3n) is 9.85. The molecule has 0 aliphatic heterocycles. The molecule has 4 aliphatic rings. The third kappa shape index (κ3) is 14.1. The van der Waals surface area contributed by atoms with Gasteiger partial charge in [-0.3, -0.25) is 12.2 Å². The molecule has 4 rings (SSSR count). The summed E-state index contributed by atoms with van der Waals surface area (Å²) in [5.74, 6) is 6.59. The first-order valence-corrected chi connectivity index (χ1v) is 17.3. The van der Waals surface area contributed by atoms with Gasteiger partial charge in [0.05, 0.1) is 0 Å². The van der Waals surface area contributed by atoms with Gasteiger partial charge in [-0.1, -0.05) is 144 Å². The first kappa shape index (κ1) is 39.5. The molecule has 0 radical (unpaired) electrons. The van der Waals surface area contributed by atoms with Gasteiger partial charge >= 0.3 is 24.8 Å². The average molecular weight is 583 g/mol. The van der Waals surface area contributed by atoms with Crippen LogP contribution in [0.2, 0.25) is 0 Å². The average Bonchev–Trinajstić information content (AvgIpc) is 3.28. The van der Waals surface area contributed by atoms with Crippen LogP contribution in [0.5, 0.6) is 0 Å². The van der Waals surface area contributed by atoms with E-state index in [0.29, 0.717) is 11.8 Å². The summed E-state index contributed by atoms with van der Waals surface area (Å²) in [4.78, 5) is 3.25. The Morgan fingerprint density at radius 3 is 1.02 bits per heavy atom. The molecule has 0 amide bonds. The molecule has 0 aromatic carbocycles. The molecular formula is C39H66Ti-4. The number of hydrogen-bond donors (Lipinski definition) is 0. The maximum atomic E-state index is 3.36. The Balaban J connectivity index is 0.000000497. The number of allylic oxidation sites excluding steroid dienone is 8. The molecule has 6 atom stereocenters. The Labute approximate surface area is 264 Å². The van der Waals surface area contributed by atoms with Crippen LogP contribution in [0.25, 0.3) is 0 Å². The predicted octanol–water partition coefficient (Wildman–Crippen LogP) is 12.0. The van der Waals surface area contributed by atoms with Crippen molar-refractivity contribution < 1.29 is 20.0 Å². The molecule has 0 heterocycles. The summed E-state index contributed by atoms with van der Waals surface area (Å²) in [5, 5.41) is 0. The van der Waals surface area contributed by atoms with E-state index in [1.165, 1.54) is 72.0 Å². The fraction of sp³-hybridized carbons (Fsp3) is 0.718. The van der Waals surface area contributed by atoms with Crippen LogP contribution in [-0.2, 0) is 20.0 Å². The fourth-order valence-electron chi connectivity index (χ4n) is 5.77. The topological polar surface area (TPSA) is 0 Å². The van der Waals surface area contributed by atoms with Crippen molar-refractivity contribution in [1.29, 1.82) is 0 Å². The van der Waals surface area contributed by atoms with Gasteiger partial charge in [0.2, 0.25) is 0 Å². The summed E-state index contributed by atoms with van der Waals surface area (Å²) in [5.41, 5.74) is 8.49.